The highest BCUT2D eigenvalue weighted by molar-refractivity contribution is 5.74. The third-order valence-corrected chi connectivity index (χ3v) is 1.87. The van der Waals surface area contributed by atoms with Crippen molar-refractivity contribution >= 4 is 12.6 Å². The summed E-state index contributed by atoms with van der Waals surface area (Å²) in [6, 6.07) is 18.2. The summed E-state index contributed by atoms with van der Waals surface area (Å²) in [6.07, 6.45) is 1.67. The number of aldehydes is 2. The average molecular weight is 365 g/mol. The Morgan fingerprint density at radius 3 is 0.808 bits per heavy atom. The number of carbonyl (C=O) groups excluding carboxylic acids is 2. The van der Waals surface area contributed by atoms with Gasteiger partial charge in [0.05, 0.1) is 0 Å². The Bertz CT molecular complexity index is 382. The van der Waals surface area contributed by atoms with Crippen LogP contribution >= 0.6 is 0 Å². The van der Waals surface area contributed by atoms with Gasteiger partial charge in [0, 0.05) is 18.2 Å². The van der Waals surface area contributed by atoms with Crippen LogP contribution in [-0.4, -0.2) is 24.8 Å². The van der Waals surface area contributed by atoms with E-state index in [2.05, 4.69) is 0 Å². The van der Waals surface area contributed by atoms with Crippen molar-refractivity contribution in [3.8, 4) is 0 Å². The number of hydrogen-bond acceptors (Lipinski definition) is 3. The summed E-state index contributed by atoms with van der Waals surface area (Å²) in [5.41, 5.74) is 1.46. The second-order valence-corrected chi connectivity index (χ2v) is 3.06. The van der Waals surface area contributed by atoms with Gasteiger partial charge >= 0.3 is 0 Å². The van der Waals surface area contributed by atoms with E-state index in [9.17, 15) is 9.59 Å². The van der Waals surface area contributed by atoms with Crippen molar-refractivity contribution in [2.45, 2.75) is 55.4 Å². The maximum Gasteiger partial charge on any atom is 0.150 e. The van der Waals surface area contributed by atoms with E-state index < -0.39 is 0 Å². The van der Waals surface area contributed by atoms with Gasteiger partial charge in [-0.15, -0.1) is 0 Å². The summed E-state index contributed by atoms with van der Waals surface area (Å²) in [7, 11) is 1.00. The SMILES string of the molecule is CC.CC.CC.CC.CO.O=Cc1ccccc1.O=Cc1ccccc1. The van der Waals surface area contributed by atoms with Crippen LogP contribution in [0, 0.1) is 0 Å². The Morgan fingerprint density at radius 2 is 0.692 bits per heavy atom. The maximum absolute atomic E-state index is 10.0. The summed E-state index contributed by atoms with van der Waals surface area (Å²) in [5.74, 6) is 0. The monoisotopic (exact) mass is 364 g/mol. The highest BCUT2D eigenvalue weighted by atomic mass is 16.2. The Balaban J connectivity index is -0.0000000768. The molecule has 3 nitrogen and oxygen atoms in total. The molecule has 1 N–H and O–H groups in total. The van der Waals surface area contributed by atoms with Crippen molar-refractivity contribution in [1.82, 2.24) is 0 Å². The first-order chi connectivity index (χ1) is 12.9. The molecule has 0 saturated heterocycles. The third kappa shape index (κ3) is 29.7. The number of hydrogen-bond donors (Lipinski definition) is 1. The molecule has 3 heteroatoms. The Morgan fingerprint density at radius 1 is 0.500 bits per heavy atom. The molecule has 0 aliphatic carbocycles. The van der Waals surface area contributed by atoms with Crippen LogP contribution in [0.2, 0.25) is 0 Å². The minimum absolute atomic E-state index is 0.729. The lowest BCUT2D eigenvalue weighted by Crippen LogP contribution is -1.73. The number of aliphatic hydroxyl groups is 1. The van der Waals surface area contributed by atoms with Crippen molar-refractivity contribution in [1.29, 1.82) is 0 Å². The van der Waals surface area contributed by atoms with Crippen LogP contribution < -0.4 is 0 Å². The number of benzene rings is 2. The first kappa shape index (κ1) is 35.0. The van der Waals surface area contributed by atoms with E-state index in [0.29, 0.717) is 0 Å². The molecule has 0 aliphatic heterocycles. The van der Waals surface area contributed by atoms with Gasteiger partial charge < -0.3 is 5.11 Å². The lowest BCUT2D eigenvalue weighted by molar-refractivity contribution is 0.111. The molecule has 0 radical (unpaired) electrons. The smallest absolute Gasteiger partial charge is 0.150 e. The van der Waals surface area contributed by atoms with E-state index in [4.69, 9.17) is 5.11 Å². The Labute approximate surface area is 162 Å². The fourth-order valence-electron chi connectivity index (χ4n) is 1.06. The number of carbonyl (C=O) groups is 2. The topological polar surface area (TPSA) is 54.4 Å². The van der Waals surface area contributed by atoms with Crippen LogP contribution in [0.5, 0.6) is 0 Å². The molecule has 0 aliphatic rings. The molecule has 26 heavy (non-hydrogen) atoms. The molecule has 0 fully saturated rings. The molecule has 2 aromatic carbocycles. The quantitative estimate of drug-likeness (QED) is 0.602. The first-order valence-corrected chi connectivity index (χ1v) is 9.32. The predicted molar refractivity (Wildman–Crippen MR) is 117 cm³/mol. The lowest BCUT2D eigenvalue weighted by atomic mass is 10.2. The van der Waals surface area contributed by atoms with Crippen molar-refractivity contribution in [3.63, 3.8) is 0 Å². The van der Waals surface area contributed by atoms with Crippen molar-refractivity contribution < 1.29 is 14.7 Å². The van der Waals surface area contributed by atoms with E-state index >= 15 is 0 Å². The standard InChI is InChI=1S/2C7H6O.4C2H6.CH4O/c2*8-6-7-4-2-1-3-5-7;5*1-2/h2*1-6H;4*1-2H3;2H,1H3. The molecule has 0 amide bonds. The van der Waals surface area contributed by atoms with Gasteiger partial charge in [-0.05, 0) is 0 Å². The van der Waals surface area contributed by atoms with Crippen LogP contribution in [-0.2, 0) is 0 Å². The van der Waals surface area contributed by atoms with Crippen LogP contribution in [0.15, 0.2) is 60.7 Å². The zero-order valence-electron chi connectivity index (χ0n) is 18.2. The largest absolute Gasteiger partial charge is 0.400 e. The number of aliphatic hydroxyl groups excluding tert-OH is 1. The molecule has 0 spiro atoms. The van der Waals surface area contributed by atoms with E-state index in [-0.39, 0.29) is 0 Å². The van der Waals surface area contributed by atoms with Gasteiger partial charge in [-0.3, -0.25) is 9.59 Å². The maximum atomic E-state index is 10.0. The second kappa shape index (κ2) is 43.4. The van der Waals surface area contributed by atoms with Crippen LogP contribution in [0.3, 0.4) is 0 Å². The molecule has 0 atom stereocenters. The van der Waals surface area contributed by atoms with Gasteiger partial charge in [-0.2, -0.15) is 0 Å². The molecule has 2 aromatic rings. The van der Waals surface area contributed by atoms with Gasteiger partial charge in [0.25, 0.3) is 0 Å². The molecule has 150 valence electrons. The second-order valence-electron chi connectivity index (χ2n) is 3.06. The van der Waals surface area contributed by atoms with E-state index in [1.54, 1.807) is 24.3 Å². The highest BCUT2D eigenvalue weighted by Crippen LogP contribution is 1.92. The van der Waals surface area contributed by atoms with Crippen molar-refractivity contribution in [3.05, 3.63) is 71.8 Å². The summed E-state index contributed by atoms with van der Waals surface area (Å²) in [4.78, 5) is 20.0. The summed E-state index contributed by atoms with van der Waals surface area (Å²) in [5, 5.41) is 7.00. The predicted octanol–water partition coefficient (Wildman–Crippen LogP) is 6.71. The fourth-order valence-corrected chi connectivity index (χ4v) is 1.06. The van der Waals surface area contributed by atoms with E-state index in [0.717, 1.165) is 30.8 Å². The van der Waals surface area contributed by atoms with Crippen LogP contribution in [0.4, 0.5) is 0 Å². The number of rotatable bonds is 2. The lowest BCUT2D eigenvalue weighted by Gasteiger charge is -1.81. The highest BCUT2D eigenvalue weighted by Gasteiger charge is 1.80. The van der Waals surface area contributed by atoms with Crippen LogP contribution in [0.1, 0.15) is 76.1 Å². The van der Waals surface area contributed by atoms with Gasteiger partial charge in [-0.25, -0.2) is 0 Å². The molecule has 0 saturated carbocycles. The molecule has 0 aromatic heterocycles. The molecule has 2 rings (SSSR count). The van der Waals surface area contributed by atoms with Gasteiger partial charge in [-0.1, -0.05) is 116 Å². The minimum Gasteiger partial charge on any atom is -0.400 e. The van der Waals surface area contributed by atoms with Crippen molar-refractivity contribution in [2.24, 2.45) is 0 Å². The van der Waals surface area contributed by atoms with E-state index in [1.807, 2.05) is 91.8 Å². The zero-order chi connectivity index (χ0) is 21.6. The fraction of sp³-hybridized carbons (Fsp3) is 0.391. The molecule has 0 unspecified atom stereocenters. The van der Waals surface area contributed by atoms with Gasteiger partial charge in [0.15, 0.2) is 0 Å². The zero-order valence-corrected chi connectivity index (χ0v) is 18.2. The normalized spacial score (nSPS) is 6.38. The Hall–Kier alpha value is -2.26. The van der Waals surface area contributed by atoms with E-state index in [1.165, 1.54) is 0 Å². The first-order valence-electron chi connectivity index (χ1n) is 9.32. The summed E-state index contributed by atoms with van der Waals surface area (Å²) < 4.78 is 0. The van der Waals surface area contributed by atoms with Crippen LogP contribution in [0.25, 0.3) is 0 Å². The Kier molecular flexibility index (Phi) is 58.3. The van der Waals surface area contributed by atoms with Gasteiger partial charge in [0.1, 0.15) is 12.6 Å². The molecule has 0 bridgehead atoms. The van der Waals surface area contributed by atoms with Crippen molar-refractivity contribution in [2.75, 3.05) is 7.11 Å². The summed E-state index contributed by atoms with van der Waals surface area (Å²) >= 11 is 0. The minimum atomic E-state index is 0.729. The average Bonchev–Trinajstić information content (AvgIpc) is 2.82. The molecular formula is C23H40O3. The van der Waals surface area contributed by atoms with Gasteiger partial charge in [0.2, 0.25) is 0 Å². The molecule has 0 heterocycles. The molecular weight excluding hydrogens is 324 g/mol. The third-order valence-electron chi connectivity index (χ3n) is 1.87. The summed E-state index contributed by atoms with van der Waals surface area (Å²) in [6.45, 7) is 16.0.